The van der Waals surface area contributed by atoms with E-state index in [1.807, 2.05) is 42.5 Å². The van der Waals surface area contributed by atoms with Gasteiger partial charge in [0.15, 0.2) is 0 Å². The zero-order valence-corrected chi connectivity index (χ0v) is 16.7. The van der Waals surface area contributed by atoms with E-state index in [0.29, 0.717) is 17.9 Å². The van der Waals surface area contributed by atoms with Crippen LogP contribution >= 0.6 is 11.6 Å². The Bertz CT molecular complexity index is 802. The SMILES string of the molecule is O=C(CCc1cccc(Cl)c1)NCC(=O)Nc1ccc(N2CCCCC2)cc1. The van der Waals surface area contributed by atoms with E-state index in [4.69, 9.17) is 11.6 Å². The van der Waals surface area contributed by atoms with Crippen molar-refractivity contribution in [3.8, 4) is 0 Å². The molecular formula is C22H26ClN3O2. The highest BCUT2D eigenvalue weighted by atomic mass is 35.5. The normalized spacial score (nSPS) is 13.8. The average molecular weight is 400 g/mol. The summed E-state index contributed by atoms with van der Waals surface area (Å²) in [5.74, 6) is -0.391. The van der Waals surface area contributed by atoms with Gasteiger partial charge < -0.3 is 15.5 Å². The summed E-state index contributed by atoms with van der Waals surface area (Å²) in [5.41, 5.74) is 2.92. The van der Waals surface area contributed by atoms with Crippen LogP contribution in [0.4, 0.5) is 11.4 Å². The number of hydrogen-bond donors (Lipinski definition) is 2. The molecule has 3 rings (SSSR count). The van der Waals surface area contributed by atoms with Gasteiger partial charge in [-0.1, -0.05) is 23.7 Å². The van der Waals surface area contributed by atoms with Crippen molar-refractivity contribution in [1.82, 2.24) is 5.32 Å². The maximum atomic E-state index is 12.1. The van der Waals surface area contributed by atoms with Gasteiger partial charge in [-0.15, -0.1) is 0 Å². The summed E-state index contributed by atoms with van der Waals surface area (Å²) in [5, 5.41) is 6.13. The number of amides is 2. The van der Waals surface area contributed by atoms with Crippen LogP contribution in [0.25, 0.3) is 0 Å². The fourth-order valence-corrected chi connectivity index (χ4v) is 3.54. The molecule has 0 radical (unpaired) electrons. The third-order valence-electron chi connectivity index (χ3n) is 4.85. The van der Waals surface area contributed by atoms with E-state index < -0.39 is 0 Å². The Morgan fingerprint density at radius 3 is 2.43 bits per heavy atom. The van der Waals surface area contributed by atoms with Gasteiger partial charge >= 0.3 is 0 Å². The Hall–Kier alpha value is -2.53. The molecule has 1 heterocycles. The highest BCUT2D eigenvalue weighted by Crippen LogP contribution is 2.21. The van der Waals surface area contributed by atoms with Crippen LogP contribution in [-0.2, 0) is 16.0 Å². The summed E-state index contributed by atoms with van der Waals surface area (Å²) in [6, 6.07) is 15.3. The minimum Gasteiger partial charge on any atom is -0.372 e. The van der Waals surface area contributed by atoms with Gasteiger partial charge in [-0.2, -0.15) is 0 Å². The zero-order valence-electron chi connectivity index (χ0n) is 15.9. The molecule has 0 saturated carbocycles. The summed E-state index contributed by atoms with van der Waals surface area (Å²) in [6.45, 7) is 2.14. The smallest absolute Gasteiger partial charge is 0.243 e. The molecule has 0 bridgehead atoms. The molecule has 0 unspecified atom stereocenters. The van der Waals surface area contributed by atoms with E-state index in [1.54, 1.807) is 6.07 Å². The van der Waals surface area contributed by atoms with Crippen molar-refractivity contribution >= 4 is 34.8 Å². The lowest BCUT2D eigenvalue weighted by molar-refractivity contribution is -0.124. The van der Waals surface area contributed by atoms with E-state index in [1.165, 1.54) is 24.9 Å². The second-order valence-electron chi connectivity index (χ2n) is 7.05. The first-order valence-corrected chi connectivity index (χ1v) is 10.1. The Morgan fingerprint density at radius 1 is 0.964 bits per heavy atom. The van der Waals surface area contributed by atoms with Gasteiger partial charge in [0.1, 0.15) is 0 Å². The summed E-state index contributed by atoms with van der Waals surface area (Å²) < 4.78 is 0. The fourth-order valence-electron chi connectivity index (χ4n) is 3.33. The van der Waals surface area contributed by atoms with Gasteiger partial charge in [-0.05, 0) is 67.6 Å². The number of aryl methyl sites for hydroxylation is 1. The van der Waals surface area contributed by atoms with Crippen LogP contribution in [0, 0.1) is 0 Å². The number of rotatable bonds is 7. The Labute approximate surface area is 171 Å². The Kier molecular flexibility index (Phi) is 7.31. The lowest BCUT2D eigenvalue weighted by Crippen LogP contribution is -2.33. The molecule has 148 valence electrons. The molecule has 2 aromatic carbocycles. The third kappa shape index (κ3) is 6.27. The van der Waals surface area contributed by atoms with Gasteiger partial charge in [-0.25, -0.2) is 0 Å². The van der Waals surface area contributed by atoms with E-state index in [-0.39, 0.29) is 18.4 Å². The molecular weight excluding hydrogens is 374 g/mol. The number of nitrogens with zero attached hydrogens (tertiary/aromatic N) is 1. The van der Waals surface area contributed by atoms with Crippen LogP contribution in [0.2, 0.25) is 5.02 Å². The van der Waals surface area contributed by atoms with Gasteiger partial charge in [-0.3, -0.25) is 9.59 Å². The molecule has 2 aromatic rings. The monoisotopic (exact) mass is 399 g/mol. The van der Waals surface area contributed by atoms with Crippen molar-refractivity contribution in [3.05, 3.63) is 59.1 Å². The second kappa shape index (κ2) is 10.1. The van der Waals surface area contributed by atoms with Gasteiger partial charge in [0, 0.05) is 35.9 Å². The van der Waals surface area contributed by atoms with Crippen LogP contribution in [0.15, 0.2) is 48.5 Å². The molecule has 0 atom stereocenters. The predicted octanol–water partition coefficient (Wildman–Crippen LogP) is 4.02. The number of piperidine rings is 1. The summed E-state index contributed by atoms with van der Waals surface area (Å²) in [4.78, 5) is 26.4. The minimum atomic E-state index is -0.234. The molecule has 1 aliphatic heterocycles. The largest absolute Gasteiger partial charge is 0.372 e. The van der Waals surface area contributed by atoms with Crippen molar-refractivity contribution < 1.29 is 9.59 Å². The highest BCUT2D eigenvalue weighted by molar-refractivity contribution is 6.30. The van der Waals surface area contributed by atoms with Crippen molar-refractivity contribution in [3.63, 3.8) is 0 Å². The molecule has 0 aromatic heterocycles. The molecule has 28 heavy (non-hydrogen) atoms. The lowest BCUT2D eigenvalue weighted by Gasteiger charge is -2.28. The zero-order chi connectivity index (χ0) is 19.8. The highest BCUT2D eigenvalue weighted by Gasteiger charge is 2.11. The van der Waals surface area contributed by atoms with Crippen molar-refractivity contribution in [2.45, 2.75) is 32.1 Å². The van der Waals surface area contributed by atoms with E-state index in [2.05, 4.69) is 15.5 Å². The first-order chi connectivity index (χ1) is 13.6. The average Bonchev–Trinajstić information content (AvgIpc) is 2.72. The number of anilines is 2. The van der Waals surface area contributed by atoms with Crippen molar-refractivity contribution in [2.24, 2.45) is 0 Å². The molecule has 0 spiro atoms. The first kappa shape index (κ1) is 20.2. The van der Waals surface area contributed by atoms with E-state index in [9.17, 15) is 9.59 Å². The number of carbonyl (C=O) groups excluding carboxylic acids is 2. The van der Waals surface area contributed by atoms with Crippen LogP contribution in [0.5, 0.6) is 0 Å². The molecule has 1 aliphatic rings. The van der Waals surface area contributed by atoms with E-state index >= 15 is 0 Å². The van der Waals surface area contributed by atoms with Crippen molar-refractivity contribution in [1.29, 1.82) is 0 Å². The van der Waals surface area contributed by atoms with Crippen molar-refractivity contribution in [2.75, 3.05) is 29.9 Å². The van der Waals surface area contributed by atoms with Gasteiger partial charge in [0.05, 0.1) is 6.54 Å². The van der Waals surface area contributed by atoms with Crippen LogP contribution < -0.4 is 15.5 Å². The lowest BCUT2D eigenvalue weighted by atomic mass is 10.1. The van der Waals surface area contributed by atoms with Gasteiger partial charge in [0.25, 0.3) is 0 Å². The van der Waals surface area contributed by atoms with Crippen LogP contribution in [0.3, 0.4) is 0 Å². The molecule has 0 aliphatic carbocycles. The molecule has 2 N–H and O–H groups in total. The molecule has 1 fully saturated rings. The van der Waals surface area contributed by atoms with Crippen LogP contribution in [0.1, 0.15) is 31.2 Å². The number of benzene rings is 2. The Balaban J connectivity index is 1.39. The summed E-state index contributed by atoms with van der Waals surface area (Å²) in [7, 11) is 0. The third-order valence-corrected chi connectivity index (χ3v) is 5.08. The summed E-state index contributed by atoms with van der Waals surface area (Å²) >= 11 is 5.94. The molecule has 6 heteroatoms. The molecule has 5 nitrogen and oxygen atoms in total. The number of halogens is 1. The van der Waals surface area contributed by atoms with Gasteiger partial charge in [0.2, 0.25) is 11.8 Å². The fraction of sp³-hybridized carbons (Fsp3) is 0.364. The minimum absolute atomic E-state index is 0.0394. The molecule has 1 saturated heterocycles. The second-order valence-corrected chi connectivity index (χ2v) is 7.49. The number of carbonyl (C=O) groups is 2. The first-order valence-electron chi connectivity index (χ1n) is 9.76. The quantitative estimate of drug-likeness (QED) is 0.739. The standard InChI is InChI=1S/C22H26ClN3O2/c23-18-6-4-5-17(15-18)7-12-21(27)24-16-22(28)25-19-8-10-20(11-9-19)26-13-2-1-3-14-26/h4-6,8-11,15H,1-3,7,12-14,16H2,(H,24,27)(H,25,28). The Morgan fingerprint density at radius 2 is 1.71 bits per heavy atom. The molecule has 2 amide bonds. The summed E-state index contributed by atoms with van der Waals surface area (Å²) in [6.07, 6.45) is 4.67. The topological polar surface area (TPSA) is 61.4 Å². The van der Waals surface area contributed by atoms with Crippen LogP contribution in [-0.4, -0.2) is 31.4 Å². The number of nitrogens with one attached hydrogen (secondary N) is 2. The predicted molar refractivity (Wildman–Crippen MR) is 114 cm³/mol. The maximum Gasteiger partial charge on any atom is 0.243 e. The van der Waals surface area contributed by atoms with E-state index in [0.717, 1.165) is 24.3 Å². The maximum absolute atomic E-state index is 12.1. The number of hydrogen-bond acceptors (Lipinski definition) is 3.